The van der Waals surface area contributed by atoms with Crippen molar-refractivity contribution in [2.75, 3.05) is 0 Å². The third kappa shape index (κ3) is 3.36. The van der Waals surface area contributed by atoms with Gasteiger partial charge in [-0.05, 0) is 45.7 Å². The number of aromatic amines is 1. The molecule has 0 aliphatic carbocycles. The summed E-state index contributed by atoms with van der Waals surface area (Å²) in [5, 5.41) is 7.53. The molecule has 1 aromatic carbocycles. The number of nitrogens with zero attached hydrogens (tertiary/aromatic N) is 3. The van der Waals surface area contributed by atoms with E-state index in [-0.39, 0.29) is 23.4 Å². The highest BCUT2D eigenvalue weighted by Gasteiger charge is 2.26. The monoisotopic (exact) mass is 353 g/mol. The zero-order valence-electron chi connectivity index (χ0n) is 16.3. The number of H-pyrrole nitrogens is 1. The van der Waals surface area contributed by atoms with Crippen LogP contribution in [0.3, 0.4) is 0 Å². The molecule has 26 heavy (non-hydrogen) atoms. The fraction of sp³-hybridized carbons (Fsp3) is 0.450. The van der Waals surface area contributed by atoms with Crippen LogP contribution in [0.1, 0.15) is 62.5 Å². The van der Waals surface area contributed by atoms with Crippen molar-refractivity contribution in [2.24, 2.45) is 5.92 Å². The average Bonchev–Trinajstić information content (AvgIpc) is 3.14. The first-order chi connectivity index (χ1) is 12.2. The Balaban J connectivity index is 1.89. The van der Waals surface area contributed by atoms with E-state index in [1.807, 2.05) is 35.9 Å². The minimum absolute atomic E-state index is 0.128. The molecule has 0 saturated carbocycles. The number of carbonyl (C=O) groups is 1. The van der Waals surface area contributed by atoms with Crippen molar-refractivity contribution in [3.63, 3.8) is 0 Å². The van der Waals surface area contributed by atoms with E-state index in [1.54, 1.807) is 6.20 Å². The summed E-state index contributed by atoms with van der Waals surface area (Å²) in [4.78, 5) is 20.9. The average molecular weight is 353 g/mol. The van der Waals surface area contributed by atoms with Gasteiger partial charge in [0.25, 0.3) is 5.91 Å². The van der Waals surface area contributed by atoms with Crippen molar-refractivity contribution in [3.05, 3.63) is 47.5 Å². The van der Waals surface area contributed by atoms with Gasteiger partial charge in [-0.25, -0.2) is 4.98 Å². The summed E-state index contributed by atoms with van der Waals surface area (Å²) < 4.78 is 1.88. The van der Waals surface area contributed by atoms with Crippen LogP contribution >= 0.6 is 0 Å². The lowest BCUT2D eigenvalue weighted by Crippen LogP contribution is -2.33. The zero-order chi connectivity index (χ0) is 19.1. The highest BCUT2D eigenvalue weighted by molar-refractivity contribution is 5.95. The second-order valence-electron chi connectivity index (χ2n) is 8.06. The van der Waals surface area contributed by atoms with Gasteiger partial charge in [-0.2, -0.15) is 5.10 Å². The van der Waals surface area contributed by atoms with Gasteiger partial charge in [0.2, 0.25) is 0 Å². The van der Waals surface area contributed by atoms with Crippen molar-refractivity contribution >= 4 is 16.9 Å². The van der Waals surface area contributed by atoms with Gasteiger partial charge in [-0.15, -0.1) is 0 Å². The summed E-state index contributed by atoms with van der Waals surface area (Å²) >= 11 is 0. The molecular weight excluding hydrogens is 326 g/mol. The molecule has 0 unspecified atom stereocenters. The lowest BCUT2D eigenvalue weighted by atomic mass is 10.0. The van der Waals surface area contributed by atoms with Crippen LogP contribution in [0.4, 0.5) is 0 Å². The van der Waals surface area contributed by atoms with Crippen molar-refractivity contribution in [1.29, 1.82) is 0 Å². The molecule has 2 N–H and O–H groups in total. The zero-order valence-corrected chi connectivity index (χ0v) is 16.3. The smallest absolute Gasteiger partial charge is 0.255 e. The molecule has 1 amide bonds. The summed E-state index contributed by atoms with van der Waals surface area (Å²) in [7, 11) is 0. The molecule has 2 heterocycles. The quantitative estimate of drug-likeness (QED) is 0.746. The number of hydrogen-bond acceptors (Lipinski definition) is 3. The molecule has 0 fully saturated rings. The first-order valence-corrected chi connectivity index (χ1v) is 8.99. The van der Waals surface area contributed by atoms with Gasteiger partial charge < -0.3 is 10.3 Å². The highest BCUT2D eigenvalue weighted by atomic mass is 16.1. The molecule has 0 bridgehead atoms. The van der Waals surface area contributed by atoms with Crippen LogP contribution in [0.25, 0.3) is 11.0 Å². The molecule has 2 aromatic heterocycles. The molecule has 6 nitrogen and oxygen atoms in total. The molecule has 3 rings (SSSR count). The van der Waals surface area contributed by atoms with E-state index < -0.39 is 0 Å². The Morgan fingerprint density at radius 2 is 1.92 bits per heavy atom. The first kappa shape index (κ1) is 18.2. The van der Waals surface area contributed by atoms with Crippen LogP contribution in [0.5, 0.6) is 0 Å². The summed E-state index contributed by atoms with van der Waals surface area (Å²) in [6.07, 6.45) is 1.64. The molecular formula is C20H27N5O. The van der Waals surface area contributed by atoms with Gasteiger partial charge in [-0.3, -0.25) is 9.48 Å². The van der Waals surface area contributed by atoms with E-state index in [4.69, 9.17) is 0 Å². The number of benzene rings is 1. The Morgan fingerprint density at radius 3 is 2.50 bits per heavy atom. The van der Waals surface area contributed by atoms with Gasteiger partial charge in [0.15, 0.2) is 0 Å². The maximum atomic E-state index is 12.9. The van der Waals surface area contributed by atoms with E-state index in [2.05, 4.69) is 55.0 Å². The third-order valence-corrected chi connectivity index (χ3v) is 4.55. The van der Waals surface area contributed by atoms with E-state index in [1.165, 1.54) is 0 Å². The largest absolute Gasteiger partial charge is 0.342 e. The minimum atomic E-state index is -0.202. The number of aromatic nitrogens is 4. The molecule has 0 saturated heterocycles. The van der Waals surface area contributed by atoms with Gasteiger partial charge in [0, 0.05) is 5.69 Å². The first-order valence-electron chi connectivity index (χ1n) is 8.99. The summed E-state index contributed by atoms with van der Waals surface area (Å²) in [6.45, 7) is 12.3. The number of fused-ring (bicyclic) bond motifs is 1. The minimum Gasteiger partial charge on any atom is -0.342 e. The van der Waals surface area contributed by atoms with Crippen LogP contribution < -0.4 is 5.32 Å². The van der Waals surface area contributed by atoms with E-state index in [9.17, 15) is 4.79 Å². The maximum absolute atomic E-state index is 12.9. The van der Waals surface area contributed by atoms with Gasteiger partial charge in [0.05, 0.1) is 34.4 Å². The number of rotatable bonds is 4. The topological polar surface area (TPSA) is 75.6 Å². The van der Waals surface area contributed by atoms with Crippen molar-refractivity contribution < 1.29 is 4.79 Å². The second-order valence-corrected chi connectivity index (χ2v) is 8.06. The van der Waals surface area contributed by atoms with Crippen LogP contribution in [0.2, 0.25) is 0 Å². The van der Waals surface area contributed by atoms with Crippen molar-refractivity contribution in [3.8, 4) is 0 Å². The van der Waals surface area contributed by atoms with Crippen LogP contribution in [-0.4, -0.2) is 25.7 Å². The number of nitrogens with one attached hydrogen (secondary N) is 2. The van der Waals surface area contributed by atoms with Crippen molar-refractivity contribution in [1.82, 2.24) is 25.1 Å². The van der Waals surface area contributed by atoms with Gasteiger partial charge >= 0.3 is 0 Å². The van der Waals surface area contributed by atoms with Gasteiger partial charge in [-0.1, -0.05) is 26.0 Å². The number of imidazole rings is 1. The predicted molar refractivity (Wildman–Crippen MR) is 103 cm³/mol. The van der Waals surface area contributed by atoms with Gasteiger partial charge in [0.1, 0.15) is 5.82 Å². The third-order valence-electron chi connectivity index (χ3n) is 4.55. The SMILES string of the molecule is Cc1c(C(=O)N[C@H](c2nc3ccccc3[nH]2)C(C)C)cnn1C(C)(C)C. The summed E-state index contributed by atoms with van der Waals surface area (Å²) in [5.74, 6) is 0.838. The van der Waals surface area contributed by atoms with Crippen molar-refractivity contribution in [2.45, 2.75) is 53.1 Å². The normalized spacial score (nSPS) is 13.3. The Hall–Kier alpha value is -2.63. The Labute approximate surface area is 154 Å². The van der Waals surface area contributed by atoms with E-state index in [0.29, 0.717) is 5.56 Å². The standard InChI is InChI=1S/C20H27N5O/c1-12(2)17(18-22-15-9-7-8-10-16(15)23-18)24-19(26)14-11-21-25(13(14)3)20(4,5)6/h7-12,17H,1-6H3,(H,22,23)(H,24,26)/t17-/m0/s1. The lowest BCUT2D eigenvalue weighted by molar-refractivity contribution is 0.0922. The van der Waals surface area contributed by atoms with E-state index >= 15 is 0 Å². The van der Waals surface area contributed by atoms with Crippen LogP contribution in [-0.2, 0) is 5.54 Å². The summed E-state index contributed by atoms with van der Waals surface area (Å²) in [6, 6.07) is 7.68. The Bertz CT molecular complexity index is 896. The fourth-order valence-corrected chi connectivity index (χ4v) is 3.20. The summed E-state index contributed by atoms with van der Waals surface area (Å²) in [5.41, 5.74) is 3.17. The number of hydrogen-bond donors (Lipinski definition) is 2. The highest BCUT2D eigenvalue weighted by Crippen LogP contribution is 2.24. The van der Waals surface area contributed by atoms with Crippen LogP contribution in [0, 0.1) is 12.8 Å². The second kappa shape index (κ2) is 6.59. The molecule has 138 valence electrons. The Kier molecular flexibility index (Phi) is 4.61. The number of amides is 1. The molecule has 0 aliphatic rings. The molecule has 6 heteroatoms. The predicted octanol–water partition coefficient (Wildman–Crippen LogP) is 3.95. The molecule has 0 aliphatic heterocycles. The molecule has 3 aromatic rings. The Morgan fingerprint density at radius 1 is 1.23 bits per heavy atom. The van der Waals surface area contributed by atoms with Crippen LogP contribution in [0.15, 0.2) is 30.5 Å². The van der Waals surface area contributed by atoms with E-state index in [0.717, 1.165) is 22.6 Å². The molecule has 0 spiro atoms. The number of para-hydroxylation sites is 2. The molecule has 0 radical (unpaired) electrons. The molecule has 1 atom stereocenters. The fourth-order valence-electron chi connectivity index (χ4n) is 3.20. The number of carbonyl (C=O) groups excluding carboxylic acids is 1. The lowest BCUT2D eigenvalue weighted by Gasteiger charge is -2.22. The maximum Gasteiger partial charge on any atom is 0.255 e.